The quantitative estimate of drug-likeness (QED) is 0.595. The van der Waals surface area contributed by atoms with Crippen LogP contribution in [0.15, 0.2) is 30.3 Å². The van der Waals surface area contributed by atoms with E-state index in [0.717, 1.165) is 5.56 Å². The second kappa shape index (κ2) is 7.77. The lowest BCUT2D eigenvalue weighted by molar-refractivity contribution is -0.384. The molecule has 2 heterocycles. The molecular weight excluding hydrogens is 346 g/mol. The van der Waals surface area contributed by atoms with Crippen molar-refractivity contribution in [1.82, 2.24) is 14.7 Å². The van der Waals surface area contributed by atoms with E-state index in [4.69, 9.17) is 0 Å². The van der Waals surface area contributed by atoms with Gasteiger partial charge in [0.2, 0.25) is 11.7 Å². The number of aryl methyl sites for hydroxylation is 2. The van der Waals surface area contributed by atoms with Crippen LogP contribution in [0.1, 0.15) is 30.5 Å². The summed E-state index contributed by atoms with van der Waals surface area (Å²) in [5.41, 5.74) is 1.62. The van der Waals surface area contributed by atoms with Gasteiger partial charge in [0.15, 0.2) is 0 Å². The van der Waals surface area contributed by atoms with Crippen LogP contribution in [0.25, 0.3) is 0 Å². The van der Waals surface area contributed by atoms with Crippen molar-refractivity contribution in [1.29, 1.82) is 0 Å². The number of aromatic nitrogens is 2. The molecule has 0 radical (unpaired) electrons. The minimum atomic E-state index is -0.378. The van der Waals surface area contributed by atoms with Crippen molar-refractivity contribution in [2.45, 2.75) is 26.2 Å². The van der Waals surface area contributed by atoms with Crippen LogP contribution in [0.2, 0.25) is 0 Å². The highest BCUT2D eigenvalue weighted by Crippen LogP contribution is 2.31. The molecule has 1 aliphatic heterocycles. The molecule has 8 nitrogen and oxygen atoms in total. The van der Waals surface area contributed by atoms with Crippen molar-refractivity contribution >= 4 is 17.4 Å². The van der Waals surface area contributed by atoms with E-state index in [1.807, 2.05) is 40.1 Å². The fourth-order valence-electron chi connectivity index (χ4n) is 3.66. The highest BCUT2D eigenvalue weighted by Gasteiger charge is 2.31. The molecule has 0 aliphatic carbocycles. The molecule has 0 unspecified atom stereocenters. The first-order valence-electron chi connectivity index (χ1n) is 9.14. The first kappa shape index (κ1) is 18.9. The van der Waals surface area contributed by atoms with Crippen LogP contribution in [0.4, 0.5) is 11.5 Å². The summed E-state index contributed by atoms with van der Waals surface area (Å²) in [6.07, 6.45) is 0.467. The molecule has 2 aromatic rings. The van der Waals surface area contributed by atoms with Crippen LogP contribution >= 0.6 is 0 Å². The number of piperazine rings is 1. The van der Waals surface area contributed by atoms with Gasteiger partial charge in [-0.3, -0.25) is 14.9 Å². The van der Waals surface area contributed by atoms with Crippen LogP contribution in [0.3, 0.4) is 0 Å². The van der Waals surface area contributed by atoms with Gasteiger partial charge in [-0.2, -0.15) is 5.10 Å². The molecule has 1 aromatic carbocycles. The summed E-state index contributed by atoms with van der Waals surface area (Å²) in [4.78, 5) is 27.5. The Morgan fingerprint density at radius 2 is 1.85 bits per heavy atom. The topological polar surface area (TPSA) is 84.5 Å². The van der Waals surface area contributed by atoms with Crippen LogP contribution in [0, 0.1) is 17.0 Å². The zero-order valence-corrected chi connectivity index (χ0v) is 16.0. The number of hydrogen-bond acceptors (Lipinski definition) is 5. The Bertz CT molecular complexity index is 825. The largest absolute Gasteiger partial charge is 0.348 e. The molecule has 0 saturated carbocycles. The molecule has 1 fully saturated rings. The average Bonchev–Trinajstić information content (AvgIpc) is 2.96. The van der Waals surface area contributed by atoms with E-state index in [0.29, 0.717) is 44.1 Å². The van der Waals surface area contributed by atoms with E-state index < -0.39 is 0 Å². The van der Waals surface area contributed by atoms with Gasteiger partial charge in [-0.15, -0.1) is 0 Å². The Balaban J connectivity index is 1.62. The van der Waals surface area contributed by atoms with Gasteiger partial charge in [0, 0.05) is 39.6 Å². The highest BCUT2D eigenvalue weighted by atomic mass is 16.6. The van der Waals surface area contributed by atoms with Gasteiger partial charge in [0.05, 0.1) is 4.92 Å². The minimum absolute atomic E-state index is 0.0509. The molecule has 0 spiro atoms. The Morgan fingerprint density at radius 3 is 2.44 bits per heavy atom. The molecule has 27 heavy (non-hydrogen) atoms. The van der Waals surface area contributed by atoms with Gasteiger partial charge in [-0.25, -0.2) is 4.68 Å². The first-order valence-corrected chi connectivity index (χ1v) is 9.14. The molecule has 144 valence electrons. The number of carbonyl (C=O) groups is 1. The maximum atomic E-state index is 12.7. The third kappa shape index (κ3) is 3.94. The van der Waals surface area contributed by atoms with Crippen molar-refractivity contribution in [3.05, 3.63) is 51.7 Å². The summed E-state index contributed by atoms with van der Waals surface area (Å²) in [6, 6.07) is 10.0. The van der Waals surface area contributed by atoms with Crippen LogP contribution in [-0.4, -0.2) is 51.7 Å². The second-order valence-electron chi connectivity index (χ2n) is 7.02. The van der Waals surface area contributed by atoms with Crippen LogP contribution in [-0.2, 0) is 11.8 Å². The van der Waals surface area contributed by atoms with E-state index in [2.05, 4.69) is 12.0 Å². The van der Waals surface area contributed by atoms with Gasteiger partial charge in [-0.05, 0) is 18.4 Å². The first-order chi connectivity index (χ1) is 12.9. The third-order valence-electron chi connectivity index (χ3n) is 5.12. The number of nitro groups is 1. The van der Waals surface area contributed by atoms with Crippen LogP contribution < -0.4 is 4.90 Å². The molecule has 0 N–H and O–H groups in total. The van der Waals surface area contributed by atoms with E-state index in [9.17, 15) is 14.9 Å². The summed E-state index contributed by atoms with van der Waals surface area (Å²) in [5.74, 6) is 0.807. The minimum Gasteiger partial charge on any atom is -0.348 e. The summed E-state index contributed by atoms with van der Waals surface area (Å²) >= 11 is 0. The Hall–Kier alpha value is -2.90. The summed E-state index contributed by atoms with van der Waals surface area (Å²) < 4.78 is 1.56. The Morgan fingerprint density at radius 1 is 1.22 bits per heavy atom. The van der Waals surface area contributed by atoms with Gasteiger partial charge in [0.1, 0.15) is 5.69 Å². The van der Waals surface area contributed by atoms with Gasteiger partial charge < -0.3 is 9.80 Å². The van der Waals surface area contributed by atoms with Crippen LogP contribution in [0.5, 0.6) is 0 Å². The molecule has 1 saturated heterocycles. The molecule has 8 heteroatoms. The predicted molar refractivity (Wildman–Crippen MR) is 103 cm³/mol. The Kier molecular flexibility index (Phi) is 5.43. The zero-order chi connectivity index (χ0) is 19.6. The standard InChI is InChI=1S/C19H25N5O3/c1-14(16-7-5-4-6-8-16)13-17(25)22-9-11-23(12-10-22)19-18(24(26)27)15(2)20-21(19)3/h4-8,14H,9-13H2,1-3H3/t14-/m0/s1. The number of benzene rings is 1. The molecule has 1 aliphatic rings. The summed E-state index contributed by atoms with van der Waals surface area (Å²) in [7, 11) is 1.72. The van der Waals surface area contributed by atoms with E-state index >= 15 is 0 Å². The monoisotopic (exact) mass is 371 g/mol. The SMILES string of the molecule is Cc1nn(C)c(N2CCN(C(=O)C[C@H](C)c3ccccc3)CC2)c1[N+](=O)[O-]. The van der Waals surface area contributed by atoms with E-state index in [1.54, 1.807) is 18.7 Å². The lowest BCUT2D eigenvalue weighted by Crippen LogP contribution is -2.49. The number of amides is 1. The van der Waals surface area contributed by atoms with Crippen molar-refractivity contribution in [2.24, 2.45) is 7.05 Å². The van der Waals surface area contributed by atoms with Crippen molar-refractivity contribution in [3.8, 4) is 0 Å². The maximum Gasteiger partial charge on any atom is 0.333 e. The van der Waals surface area contributed by atoms with Crippen molar-refractivity contribution in [2.75, 3.05) is 31.1 Å². The van der Waals surface area contributed by atoms with Crippen molar-refractivity contribution < 1.29 is 9.72 Å². The van der Waals surface area contributed by atoms with Crippen molar-refractivity contribution in [3.63, 3.8) is 0 Å². The van der Waals surface area contributed by atoms with E-state index in [-0.39, 0.29) is 22.4 Å². The number of nitrogens with zero attached hydrogens (tertiary/aromatic N) is 5. The maximum absolute atomic E-state index is 12.7. The van der Waals surface area contributed by atoms with Gasteiger partial charge >= 0.3 is 5.69 Å². The Labute approximate surface area is 158 Å². The lowest BCUT2D eigenvalue weighted by atomic mass is 9.97. The normalized spacial score (nSPS) is 15.7. The second-order valence-corrected chi connectivity index (χ2v) is 7.02. The molecule has 3 rings (SSSR count). The molecular formula is C19H25N5O3. The smallest absolute Gasteiger partial charge is 0.333 e. The molecule has 1 aromatic heterocycles. The van der Waals surface area contributed by atoms with Gasteiger partial charge in [0.25, 0.3) is 0 Å². The number of rotatable bonds is 5. The third-order valence-corrected chi connectivity index (χ3v) is 5.12. The number of anilines is 1. The summed E-state index contributed by atoms with van der Waals surface area (Å²) in [6.45, 7) is 5.94. The predicted octanol–water partition coefficient (Wildman–Crippen LogP) is 2.48. The fraction of sp³-hybridized carbons (Fsp3) is 0.474. The highest BCUT2D eigenvalue weighted by molar-refractivity contribution is 5.77. The number of carbonyl (C=O) groups excluding carboxylic acids is 1. The zero-order valence-electron chi connectivity index (χ0n) is 16.0. The van der Waals surface area contributed by atoms with E-state index in [1.165, 1.54) is 0 Å². The van der Waals surface area contributed by atoms with Gasteiger partial charge in [-0.1, -0.05) is 37.3 Å². The molecule has 1 atom stereocenters. The lowest BCUT2D eigenvalue weighted by Gasteiger charge is -2.35. The summed E-state index contributed by atoms with van der Waals surface area (Å²) in [5, 5.41) is 15.6. The average molecular weight is 371 g/mol. The molecule has 1 amide bonds. The fourth-order valence-corrected chi connectivity index (χ4v) is 3.66. The molecule has 0 bridgehead atoms. The number of hydrogen-bond donors (Lipinski definition) is 0.